The zero-order valence-electron chi connectivity index (χ0n) is 8.51. The number of nitrogens with zero attached hydrogens (tertiary/aromatic N) is 5. The van der Waals surface area contributed by atoms with Gasteiger partial charge in [0.25, 0.3) is 0 Å². The van der Waals surface area contributed by atoms with Crippen molar-refractivity contribution in [2.24, 2.45) is 7.05 Å². The van der Waals surface area contributed by atoms with Gasteiger partial charge in [-0.05, 0) is 6.42 Å². The van der Waals surface area contributed by atoms with Crippen LogP contribution in [0.4, 0.5) is 5.69 Å². The summed E-state index contributed by atoms with van der Waals surface area (Å²) in [7, 11) is 1.86. The minimum Gasteiger partial charge on any atom is -0.396 e. The maximum absolute atomic E-state index is 5.86. The van der Waals surface area contributed by atoms with Crippen LogP contribution in [0, 0.1) is 0 Å². The van der Waals surface area contributed by atoms with Crippen molar-refractivity contribution in [3.8, 4) is 11.5 Å². The van der Waals surface area contributed by atoms with Crippen molar-refractivity contribution in [2.45, 2.75) is 19.4 Å². The number of hydrogen-bond acceptors (Lipinski definition) is 4. The van der Waals surface area contributed by atoms with E-state index in [2.05, 4.69) is 19.9 Å². The quantitative estimate of drug-likeness (QED) is 0.720. The van der Waals surface area contributed by atoms with Crippen LogP contribution in [0.5, 0.6) is 0 Å². The smallest absolute Gasteiger partial charge is 0.184 e. The molecule has 2 aromatic heterocycles. The van der Waals surface area contributed by atoms with E-state index in [1.54, 1.807) is 10.9 Å². The third-order valence-corrected chi connectivity index (χ3v) is 2.79. The van der Waals surface area contributed by atoms with Crippen LogP contribution in [-0.2, 0) is 20.0 Å². The Bertz CT molecular complexity index is 489. The van der Waals surface area contributed by atoms with E-state index in [9.17, 15) is 0 Å². The Hall–Kier alpha value is -1.85. The highest BCUT2D eigenvalue weighted by atomic mass is 15.3. The number of nitrogen functional groups attached to an aromatic ring is 1. The van der Waals surface area contributed by atoms with E-state index >= 15 is 0 Å². The first-order valence-corrected chi connectivity index (χ1v) is 4.97. The molecular weight excluding hydrogens is 192 g/mol. The second-order valence-electron chi connectivity index (χ2n) is 3.77. The zero-order chi connectivity index (χ0) is 10.4. The van der Waals surface area contributed by atoms with Crippen molar-refractivity contribution < 1.29 is 0 Å². The topological polar surface area (TPSA) is 74.6 Å². The molecule has 0 saturated carbocycles. The lowest BCUT2D eigenvalue weighted by Gasteiger charge is -2.03. The molecule has 0 spiro atoms. The van der Waals surface area contributed by atoms with Crippen molar-refractivity contribution in [1.29, 1.82) is 0 Å². The van der Waals surface area contributed by atoms with Crippen molar-refractivity contribution in [3.63, 3.8) is 0 Å². The summed E-state index contributed by atoms with van der Waals surface area (Å²) in [4.78, 5) is 0. The summed E-state index contributed by atoms with van der Waals surface area (Å²) in [6.07, 6.45) is 3.78. The van der Waals surface area contributed by atoms with Gasteiger partial charge in [-0.1, -0.05) is 0 Å². The summed E-state index contributed by atoms with van der Waals surface area (Å²) >= 11 is 0. The lowest BCUT2D eigenvalue weighted by Crippen LogP contribution is -2.03. The Labute approximate surface area is 86.7 Å². The molecule has 2 N–H and O–H groups in total. The second-order valence-corrected chi connectivity index (χ2v) is 3.77. The largest absolute Gasteiger partial charge is 0.396 e. The predicted octanol–water partition coefficient (Wildman–Crippen LogP) is 0.207. The SMILES string of the molecule is Cn1ncc(N)c1-c1nnc2n1CCC2. The van der Waals surface area contributed by atoms with Gasteiger partial charge < -0.3 is 10.3 Å². The molecular formula is C9H12N6. The molecule has 2 aromatic rings. The molecule has 0 aliphatic carbocycles. The van der Waals surface area contributed by atoms with E-state index in [1.165, 1.54) is 0 Å². The van der Waals surface area contributed by atoms with E-state index in [1.807, 2.05) is 7.05 Å². The summed E-state index contributed by atoms with van der Waals surface area (Å²) < 4.78 is 3.86. The molecule has 0 unspecified atom stereocenters. The van der Waals surface area contributed by atoms with Crippen LogP contribution in [-0.4, -0.2) is 24.5 Å². The number of anilines is 1. The second kappa shape index (κ2) is 2.82. The van der Waals surface area contributed by atoms with Crippen molar-refractivity contribution in [2.75, 3.05) is 5.73 Å². The number of aryl methyl sites for hydroxylation is 2. The van der Waals surface area contributed by atoms with Crippen molar-refractivity contribution in [3.05, 3.63) is 12.0 Å². The van der Waals surface area contributed by atoms with E-state index in [0.29, 0.717) is 5.69 Å². The van der Waals surface area contributed by atoms with Gasteiger partial charge in [0.1, 0.15) is 11.5 Å². The first-order valence-electron chi connectivity index (χ1n) is 4.97. The third-order valence-electron chi connectivity index (χ3n) is 2.79. The van der Waals surface area contributed by atoms with Gasteiger partial charge in [0.2, 0.25) is 0 Å². The van der Waals surface area contributed by atoms with E-state index in [0.717, 1.165) is 36.7 Å². The van der Waals surface area contributed by atoms with Gasteiger partial charge >= 0.3 is 0 Å². The molecule has 0 fully saturated rings. The first kappa shape index (κ1) is 8.46. The highest BCUT2D eigenvalue weighted by Gasteiger charge is 2.21. The molecule has 0 aromatic carbocycles. The number of rotatable bonds is 1. The van der Waals surface area contributed by atoms with Crippen LogP contribution in [0.15, 0.2) is 6.20 Å². The minimum atomic E-state index is 0.652. The maximum atomic E-state index is 5.86. The van der Waals surface area contributed by atoms with Crippen LogP contribution >= 0.6 is 0 Å². The fourth-order valence-electron chi connectivity index (χ4n) is 2.05. The average molecular weight is 204 g/mol. The molecule has 0 bridgehead atoms. The molecule has 6 nitrogen and oxygen atoms in total. The van der Waals surface area contributed by atoms with Crippen LogP contribution in [0.2, 0.25) is 0 Å². The zero-order valence-corrected chi connectivity index (χ0v) is 8.51. The fourth-order valence-corrected chi connectivity index (χ4v) is 2.05. The monoisotopic (exact) mass is 204 g/mol. The van der Waals surface area contributed by atoms with Gasteiger partial charge in [0.15, 0.2) is 5.82 Å². The van der Waals surface area contributed by atoms with Gasteiger partial charge in [-0.2, -0.15) is 5.10 Å². The Balaban J connectivity index is 2.21. The first-order chi connectivity index (χ1) is 7.27. The van der Waals surface area contributed by atoms with Crippen LogP contribution in [0.3, 0.4) is 0 Å². The normalized spacial score (nSPS) is 14.5. The van der Waals surface area contributed by atoms with Gasteiger partial charge in [-0.15, -0.1) is 10.2 Å². The van der Waals surface area contributed by atoms with Crippen LogP contribution in [0.1, 0.15) is 12.2 Å². The van der Waals surface area contributed by atoms with Gasteiger partial charge in [-0.25, -0.2) is 0 Å². The minimum absolute atomic E-state index is 0.652. The molecule has 1 aliphatic heterocycles. The summed E-state index contributed by atoms with van der Waals surface area (Å²) in [6.45, 7) is 0.974. The standard InChI is InChI=1S/C9H12N6/c1-14-8(6(10)5-11-14)9-13-12-7-3-2-4-15(7)9/h5H,2-4,10H2,1H3. The van der Waals surface area contributed by atoms with Gasteiger partial charge in [0, 0.05) is 20.0 Å². The van der Waals surface area contributed by atoms with Crippen molar-refractivity contribution >= 4 is 5.69 Å². The van der Waals surface area contributed by atoms with Crippen LogP contribution < -0.4 is 5.73 Å². The number of hydrogen-bond donors (Lipinski definition) is 1. The number of nitrogens with two attached hydrogens (primary N) is 1. The van der Waals surface area contributed by atoms with E-state index in [-0.39, 0.29) is 0 Å². The summed E-state index contributed by atoms with van der Waals surface area (Å²) in [5.74, 6) is 1.88. The van der Waals surface area contributed by atoms with Gasteiger partial charge in [-0.3, -0.25) is 4.68 Å². The summed E-state index contributed by atoms with van der Waals surface area (Å²) in [5.41, 5.74) is 7.37. The Morgan fingerprint density at radius 2 is 2.27 bits per heavy atom. The fraction of sp³-hybridized carbons (Fsp3) is 0.444. The summed E-state index contributed by atoms with van der Waals surface area (Å²) in [5, 5.41) is 12.4. The molecule has 0 atom stereocenters. The Kier molecular flexibility index (Phi) is 1.59. The highest BCUT2D eigenvalue weighted by molar-refractivity contribution is 5.67. The molecule has 0 radical (unpaired) electrons. The Morgan fingerprint density at radius 3 is 3.00 bits per heavy atom. The van der Waals surface area contributed by atoms with E-state index in [4.69, 9.17) is 5.73 Å². The molecule has 3 rings (SSSR count). The number of aromatic nitrogens is 5. The molecule has 0 saturated heterocycles. The number of fused-ring (bicyclic) bond motifs is 1. The lowest BCUT2D eigenvalue weighted by atomic mass is 10.3. The predicted molar refractivity (Wildman–Crippen MR) is 55.0 cm³/mol. The maximum Gasteiger partial charge on any atom is 0.184 e. The summed E-state index contributed by atoms with van der Waals surface area (Å²) in [6, 6.07) is 0. The average Bonchev–Trinajstić information content (AvgIpc) is 2.84. The molecule has 15 heavy (non-hydrogen) atoms. The molecule has 0 amide bonds. The molecule has 6 heteroatoms. The van der Waals surface area contributed by atoms with Crippen LogP contribution in [0.25, 0.3) is 11.5 Å². The lowest BCUT2D eigenvalue weighted by molar-refractivity contribution is 0.723. The van der Waals surface area contributed by atoms with Crippen molar-refractivity contribution in [1.82, 2.24) is 24.5 Å². The molecule has 78 valence electrons. The third kappa shape index (κ3) is 1.07. The Morgan fingerprint density at radius 1 is 1.40 bits per heavy atom. The highest BCUT2D eigenvalue weighted by Crippen LogP contribution is 2.26. The molecule has 3 heterocycles. The van der Waals surface area contributed by atoms with Gasteiger partial charge in [0.05, 0.1) is 11.9 Å². The molecule has 1 aliphatic rings. The van der Waals surface area contributed by atoms with E-state index < -0.39 is 0 Å².